The van der Waals surface area contributed by atoms with Crippen LogP contribution < -0.4 is 16.4 Å². The van der Waals surface area contributed by atoms with E-state index in [4.69, 9.17) is 15.4 Å². The largest absolute Gasteiger partial charge is 0.480 e. The summed E-state index contributed by atoms with van der Waals surface area (Å²) in [7, 11) is 0. The van der Waals surface area contributed by atoms with E-state index < -0.39 is 30.4 Å². The van der Waals surface area contributed by atoms with Crippen molar-refractivity contribution in [3.8, 4) is 0 Å². The molecular formula is C9H12N4O5. The molecule has 0 unspecified atom stereocenters. The van der Waals surface area contributed by atoms with Crippen LogP contribution in [-0.2, 0) is 16.1 Å². The number of urea groups is 1. The molecule has 9 heteroatoms. The molecule has 0 saturated heterocycles. The van der Waals surface area contributed by atoms with Gasteiger partial charge in [0.25, 0.3) is 0 Å². The highest BCUT2D eigenvalue weighted by Crippen LogP contribution is 1.95. The van der Waals surface area contributed by atoms with Crippen molar-refractivity contribution in [2.24, 2.45) is 5.73 Å². The van der Waals surface area contributed by atoms with E-state index in [0.29, 0.717) is 5.76 Å². The summed E-state index contributed by atoms with van der Waals surface area (Å²) in [5, 5.41) is 16.6. The Labute approximate surface area is 101 Å². The third-order valence-electron chi connectivity index (χ3n) is 1.92. The average molecular weight is 256 g/mol. The number of carboxylic acids is 1. The van der Waals surface area contributed by atoms with Crippen molar-refractivity contribution in [1.82, 2.24) is 15.8 Å². The zero-order valence-corrected chi connectivity index (χ0v) is 9.25. The molecule has 0 aliphatic rings. The Morgan fingerprint density at radius 2 is 2.22 bits per heavy atom. The first-order valence-corrected chi connectivity index (χ1v) is 4.94. The maximum atomic E-state index is 11.3. The van der Waals surface area contributed by atoms with Gasteiger partial charge in [-0.15, -0.1) is 0 Å². The van der Waals surface area contributed by atoms with Gasteiger partial charge >= 0.3 is 12.0 Å². The van der Waals surface area contributed by atoms with Crippen LogP contribution in [0.1, 0.15) is 12.2 Å². The minimum atomic E-state index is -1.36. The second-order valence-electron chi connectivity index (χ2n) is 3.37. The van der Waals surface area contributed by atoms with Gasteiger partial charge in [-0.1, -0.05) is 5.16 Å². The molecule has 0 saturated carbocycles. The smallest absolute Gasteiger partial charge is 0.326 e. The topological polar surface area (TPSA) is 148 Å². The lowest BCUT2D eigenvalue weighted by molar-refractivity contribution is -0.140. The first-order valence-electron chi connectivity index (χ1n) is 4.94. The molecule has 98 valence electrons. The van der Waals surface area contributed by atoms with Crippen LogP contribution in [0.25, 0.3) is 0 Å². The molecule has 0 radical (unpaired) electrons. The lowest BCUT2D eigenvalue weighted by atomic mass is 10.2. The van der Waals surface area contributed by atoms with Crippen LogP contribution >= 0.6 is 0 Å². The summed E-state index contributed by atoms with van der Waals surface area (Å²) < 4.78 is 4.72. The lowest BCUT2D eigenvalue weighted by Gasteiger charge is -2.12. The van der Waals surface area contributed by atoms with Crippen molar-refractivity contribution in [2.75, 3.05) is 0 Å². The zero-order chi connectivity index (χ0) is 13.5. The van der Waals surface area contributed by atoms with Gasteiger partial charge in [0.1, 0.15) is 6.04 Å². The van der Waals surface area contributed by atoms with E-state index in [1.165, 1.54) is 6.20 Å². The van der Waals surface area contributed by atoms with E-state index >= 15 is 0 Å². The molecule has 0 bridgehead atoms. The van der Waals surface area contributed by atoms with Crippen LogP contribution in [0, 0.1) is 0 Å². The van der Waals surface area contributed by atoms with Gasteiger partial charge in [0.2, 0.25) is 5.91 Å². The van der Waals surface area contributed by atoms with Gasteiger partial charge in [-0.25, -0.2) is 9.59 Å². The fourth-order valence-corrected chi connectivity index (χ4v) is 1.11. The van der Waals surface area contributed by atoms with E-state index in [9.17, 15) is 14.4 Å². The van der Waals surface area contributed by atoms with E-state index in [0.717, 1.165) is 0 Å². The number of primary amides is 1. The number of aliphatic carboxylic acids is 1. The number of nitrogens with one attached hydrogen (secondary N) is 2. The molecule has 1 rings (SSSR count). The molecule has 0 aromatic carbocycles. The molecule has 1 aromatic heterocycles. The maximum Gasteiger partial charge on any atom is 0.326 e. The van der Waals surface area contributed by atoms with Crippen LogP contribution in [0.15, 0.2) is 16.8 Å². The molecule has 0 fully saturated rings. The Morgan fingerprint density at radius 3 is 2.72 bits per heavy atom. The zero-order valence-electron chi connectivity index (χ0n) is 9.25. The molecule has 0 aliphatic carbocycles. The third kappa shape index (κ3) is 4.51. The van der Waals surface area contributed by atoms with E-state index in [2.05, 4.69) is 15.8 Å². The molecule has 5 N–H and O–H groups in total. The quantitative estimate of drug-likeness (QED) is 0.502. The number of hydrogen-bond acceptors (Lipinski definition) is 5. The Morgan fingerprint density at radius 1 is 1.50 bits per heavy atom. The van der Waals surface area contributed by atoms with Gasteiger partial charge in [0, 0.05) is 6.07 Å². The third-order valence-corrected chi connectivity index (χ3v) is 1.92. The second kappa shape index (κ2) is 6.23. The SMILES string of the molecule is NC(=O)C[C@@H](NC(=O)NCc1ccno1)C(=O)O. The highest BCUT2D eigenvalue weighted by molar-refractivity contribution is 5.87. The Hall–Kier alpha value is -2.58. The summed E-state index contributed by atoms with van der Waals surface area (Å²) in [4.78, 5) is 32.7. The molecule has 1 aromatic rings. The van der Waals surface area contributed by atoms with Gasteiger partial charge in [-0.3, -0.25) is 4.79 Å². The number of nitrogens with zero attached hydrogens (tertiary/aromatic N) is 1. The second-order valence-corrected chi connectivity index (χ2v) is 3.37. The van der Waals surface area contributed by atoms with Crippen LogP contribution in [0.4, 0.5) is 4.79 Å². The van der Waals surface area contributed by atoms with Crippen molar-refractivity contribution in [3.05, 3.63) is 18.0 Å². The molecule has 1 heterocycles. The Bertz CT molecular complexity index is 430. The van der Waals surface area contributed by atoms with Gasteiger partial charge in [-0.2, -0.15) is 0 Å². The number of rotatable bonds is 6. The number of amides is 3. The molecule has 1 atom stereocenters. The van der Waals surface area contributed by atoms with Crippen molar-refractivity contribution in [1.29, 1.82) is 0 Å². The van der Waals surface area contributed by atoms with Gasteiger partial charge < -0.3 is 26.0 Å². The number of carbonyl (C=O) groups is 3. The maximum absolute atomic E-state index is 11.3. The van der Waals surface area contributed by atoms with E-state index in [1.54, 1.807) is 6.07 Å². The number of nitrogens with two attached hydrogens (primary N) is 1. The van der Waals surface area contributed by atoms with Crippen LogP contribution in [0.3, 0.4) is 0 Å². The van der Waals surface area contributed by atoms with E-state index in [-0.39, 0.29) is 6.54 Å². The molecule has 0 spiro atoms. The van der Waals surface area contributed by atoms with E-state index in [1.807, 2.05) is 0 Å². The predicted octanol–water partition coefficient (Wildman–Crippen LogP) is -1.20. The first-order chi connectivity index (χ1) is 8.49. The molecular weight excluding hydrogens is 244 g/mol. The van der Waals surface area contributed by atoms with Crippen LogP contribution in [0.5, 0.6) is 0 Å². The van der Waals surface area contributed by atoms with Gasteiger partial charge in [-0.05, 0) is 0 Å². The van der Waals surface area contributed by atoms with Crippen LogP contribution in [0.2, 0.25) is 0 Å². The fraction of sp³-hybridized carbons (Fsp3) is 0.333. The predicted molar refractivity (Wildman–Crippen MR) is 57.1 cm³/mol. The Balaban J connectivity index is 2.41. The highest BCUT2D eigenvalue weighted by atomic mass is 16.5. The summed E-state index contributed by atoms with van der Waals surface area (Å²) in [5.74, 6) is -1.76. The van der Waals surface area contributed by atoms with Crippen molar-refractivity contribution in [2.45, 2.75) is 19.0 Å². The summed E-state index contributed by atoms with van der Waals surface area (Å²) in [6.45, 7) is 0.0503. The standard InChI is InChI=1S/C9H12N4O5/c10-7(14)3-6(8(15)16)13-9(17)11-4-5-1-2-12-18-5/h1-2,6H,3-4H2,(H2,10,14)(H,15,16)(H2,11,13,17)/t6-/m1/s1. The normalized spacial score (nSPS) is 11.6. The molecule has 18 heavy (non-hydrogen) atoms. The highest BCUT2D eigenvalue weighted by Gasteiger charge is 2.21. The van der Waals surface area contributed by atoms with Gasteiger partial charge in [0.05, 0.1) is 19.2 Å². The fourth-order valence-electron chi connectivity index (χ4n) is 1.11. The number of aromatic nitrogens is 1. The van der Waals surface area contributed by atoms with Gasteiger partial charge in [0.15, 0.2) is 5.76 Å². The van der Waals surface area contributed by atoms with Crippen molar-refractivity contribution >= 4 is 17.9 Å². The summed E-state index contributed by atoms with van der Waals surface area (Å²) in [5.41, 5.74) is 4.86. The minimum Gasteiger partial charge on any atom is -0.480 e. The average Bonchev–Trinajstić information content (AvgIpc) is 2.77. The summed E-state index contributed by atoms with van der Waals surface area (Å²) >= 11 is 0. The summed E-state index contributed by atoms with van der Waals surface area (Å²) in [6, 6.07) is -0.574. The van der Waals surface area contributed by atoms with Crippen LogP contribution in [-0.4, -0.2) is 34.2 Å². The lowest BCUT2D eigenvalue weighted by Crippen LogP contribution is -2.47. The number of hydrogen-bond donors (Lipinski definition) is 4. The summed E-state index contributed by atoms with van der Waals surface area (Å²) in [6.07, 6.45) is 0.924. The number of carbonyl (C=O) groups excluding carboxylic acids is 2. The van der Waals surface area contributed by atoms with Crippen molar-refractivity contribution in [3.63, 3.8) is 0 Å². The minimum absolute atomic E-state index is 0.0503. The van der Waals surface area contributed by atoms with Crippen molar-refractivity contribution < 1.29 is 24.0 Å². The first kappa shape index (κ1) is 13.5. The molecule has 3 amide bonds. The monoisotopic (exact) mass is 256 g/mol. The molecule has 0 aliphatic heterocycles. The Kier molecular flexibility index (Phi) is 4.67. The number of carboxylic acid groups (broad SMARTS) is 1. The molecule has 9 nitrogen and oxygen atoms in total.